The molecule has 0 bridgehead atoms. The van der Waals surface area contributed by atoms with Gasteiger partial charge in [0.05, 0.1) is 11.8 Å². The number of imidazole rings is 1. The highest BCUT2D eigenvalue weighted by molar-refractivity contribution is 7.15. The van der Waals surface area contributed by atoms with Crippen LogP contribution in [0.5, 0.6) is 0 Å². The van der Waals surface area contributed by atoms with Crippen LogP contribution in [-0.4, -0.2) is 27.1 Å². The molecule has 0 fully saturated rings. The maximum Gasteiger partial charge on any atom is 0.193 e. The molecule has 0 spiro atoms. The molecule has 0 amide bonds. The summed E-state index contributed by atoms with van der Waals surface area (Å²) in [5, 5.41) is 14.4. The fourth-order valence-corrected chi connectivity index (χ4v) is 2.32. The van der Waals surface area contributed by atoms with Gasteiger partial charge in [-0.25, -0.2) is 4.98 Å². The van der Waals surface area contributed by atoms with Crippen molar-refractivity contribution in [1.29, 1.82) is 0 Å². The molecule has 0 aliphatic carbocycles. The van der Waals surface area contributed by atoms with Crippen molar-refractivity contribution in [1.82, 2.24) is 14.7 Å². The van der Waals surface area contributed by atoms with E-state index in [4.69, 9.17) is 5.11 Å². The summed E-state index contributed by atoms with van der Waals surface area (Å²) in [4.78, 5) is 5.52. The molecule has 0 aliphatic heterocycles. The van der Waals surface area contributed by atoms with Crippen LogP contribution in [0.15, 0.2) is 17.8 Å². The number of nitrogens with zero attached hydrogens (tertiary/aromatic N) is 2. The first-order valence-electron chi connectivity index (χ1n) is 5.55. The van der Waals surface area contributed by atoms with Crippen LogP contribution in [0.4, 0.5) is 0 Å². The monoisotopic (exact) mass is 239 g/mol. The Morgan fingerprint density at radius 1 is 1.62 bits per heavy atom. The van der Waals surface area contributed by atoms with E-state index in [1.165, 1.54) is 0 Å². The third kappa shape index (κ3) is 3.04. The molecule has 4 nitrogen and oxygen atoms in total. The molecule has 2 aromatic rings. The first-order chi connectivity index (χ1) is 7.75. The zero-order chi connectivity index (χ0) is 11.4. The fraction of sp³-hybridized carbons (Fsp3) is 0.545. The number of aliphatic hydroxyl groups excluding tert-OH is 1. The van der Waals surface area contributed by atoms with Crippen molar-refractivity contribution >= 4 is 16.3 Å². The number of hydrogen-bond donors (Lipinski definition) is 2. The lowest BCUT2D eigenvalue weighted by molar-refractivity contribution is 0.181. The van der Waals surface area contributed by atoms with Crippen LogP contribution >= 0.6 is 11.3 Å². The van der Waals surface area contributed by atoms with Crippen LogP contribution in [0.2, 0.25) is 0 Å². The van der Waals surface area contributed by atoms with Crippen molar-refractivity contribution in [2.24, 2.45) is 0 Å². The van der Waals surface area contributed by atoms with Gasteiger partial charge in [-0.3, -0.25) is 4.40 Å². The molecule has 2 N–H and O–H groups in total. The molecule has 0 saturated heterocycles. The van der Waals surface area contributed by atoms with E-state index in [0.29, 0.717) is 0 Å². The van der Waals surface area contributed by atoms with Gasteiger partial charge >= 0.3 is 0 Å². The van der Waals surface area contributed by atoms with Crippen LogP contribution in [-0.2, 0) is 6.54 Å². The Morgan fingerprint density at radius 2 is 2.50 bits per heavy atom. The van der Waals surface area contributed by atoms with Gasteiger partial charge in [-0.2, -0.15) is 0 Å². The van der Waals surface area contributed by atoms with E-state index in [1.54, 1.807) is 11.3 Å². The van der Waals surface area contributed by atoms with Crippen LogP contribution in [0.25, 0.3) is 4.96 Å². The molecule has 1 atom stereocenters. The number of nitrogens with one attached hydrogen (secondary N) is 1. The van der Waals surface area contributed by atoms with Crippen molar-refractivity contribution in [3.63, 3.8) is 0 Å². The van der Waals surface area contributed by atoms with Gasteiger partial charge in [0.2, 0.25) is 0 Å². The fourth-order valence-electron chi connectivity index (χ4n) is 1.60. The molecule has 1 unspecified atom stereocenters. The van der Waals surface area contributed by atoms with Crippen molar-refractivity contribution in [2.75, 3.05) is 6.54 Å². The standard InChI is InChI=1S/C11H17N3OS/c1-9(15)3-2-4-12-7-10-8-14-5-6-16-11(14)13-10/h5-6,8-9,12,15H,2-4,7H2,1H3. The number of fused-ring (bicyclic) bond motifs is 1. The Hall–Kier alpha value is -0.910. The quantitative estimate of drug-likeness (QED) is 0.754. The lowest BCUT2D eigenvalue weighted by atomic mass is 10.2. The summed E-state index contributed by atoms with van der Waals surface area (Å²) in [5.41, 5.74) is 1.07. The van der Waals surface area contributed by atoms with E-state index in [1.807, 2.05) is 29.1 Å². The summed E-state index contributed by atoms with van der Waals surface area (Å²) < 4.78 is 2.04. The zero-order valence-corrected chi connectivity index (χ0v) is 10.2. The smallest absolute Gasteiger partial charge is 0.193 e. The lowest BCUT2D eigenvalue weighted by Crippen LogP contribution is -2.16. The number of rotatable bonds is 6. The number of aromatic nitrogens is 2. The van der Waals surface area contributed by atoms with Crippen molar-refractivity contribution in [3.8, 4) is 0 Å². The minimum absolute atomic E-state index is 0.195. The van der Waals surface area contributed by atoms with Gasteiger partial charge in [-0.05, 0) is 26.3 Å². The summed E-state index contributed by atoms with van der Waals surface area (Å²) in [6.07, 6.45) is 5.72. The Kier molecular flexibility index (Phi) is 3.93. The second-order valence-electron chi connectivity index (χ2n) is 3.99. The Labute approximate surface area is 98.9 Å². The van der Waals surface area contributed by atoms with E-state index in [-0.39, 0.29) is 6.10 Å². The van der Waals surface area contributed by atoms with Gasteiger partial charge in [0.15, 0.2) is 4.96 Å². The first kappa shape index (κ1) is 11.6. The predicted molar refractivity (Wildman–Crippen MR) is 65.7 cm³/mol. The van der Waals surface area contributed by atoms with E-state index >= 15 is 0 Å². The summed E-state index contributed by atoms with van der Waals surface area (Å²) >= 11 is 1.65. The summed E-state index contributed by atoms with van der Waals surface area (Å²) in [5.74, 6) is 0. The molecule has 0 aliphatic rings. The van der Waals surface area contributed by atoms with Crippen LogP contribution in [0, 0.1) is 0 Å². The molecule has 16 heavy (non-hydrogen) atoms. The zero-order valence-electron chi connectivity index (χ0n) is 9.39. The van der Waals surface area contributed by atoms with Crippen molar-refractivity contribution in [2.45, 2.75) is 32.4 Å². The Balaban J connectivity index is 1.72. The van der Waals surface area contributed by atoms with Crippen molar-refractivity contribution < 1.29 is 5.11 Å². The molecular weight excluding hydrogens is 222 g/mol. The van der Waals surface area contributed by atoms with E-state index < -0.39 is 0 Å². The third-order valence-corrected chi connectivity index (χ3v) is 3.20. The number of hydrogen-bond acceptors (Lipinski definition) is 4. The molecule has 88 valence electrons. The van der Waals surface area contributed by atoms with Gasteiger partial charge in [0.1, 0.15) is 0 Å². The summed E-state index contributed by atoms with van der Waals surface area (Å²) in [7, 11) is 0. The minimum Gasteiger partial charge on any atom is -0.393 e. The molecule has 2 heterocycles. The van der Waals surface area contributed by atoms with Gasteiger partial charge in [-0.1, -0.05) is 0 Å². The highest BCUT2D eigenvalue weighted by Gasteiger charge is 2.01. The van der Waals surface area contributed by atoms with Crippen LogP contribution in [0.1, 0.15) is 25.5 Å². The highest BCUT2D eigenvalue weighted by Crippen LogP contribution is 2.10. The molecule has 0 radical (unpaired) electrons. The van der Waals surface area contributed by atoms with Gasteiger partial charge in [-0.15, -0.1) is 11.3 Å². The SMILES string of the molecule is CC(O)CCCNCc1cn2ccsc2n1. The third-order valence-electron chi connectivity index (χ3n) is 2.42. The molecule has 0 saturated carbocycles. The predicted octanol–water partition coefficient (Wildman–Crippen LogP) is 1.65. The Morgan fingerprint density at radius 3 is 3.25 bits per heavy atom. The summed E-state index contributed by atoms with van der Waals surface area (Å²) in [6.45, 7) is 3.55. The Bertz CT molecular complexity index is 407. The molecule has 0 aromatic carbocycles. The maximum absolute atomic E-state index is 9.09. The van der Waals surface area contributed by atoms with E-state index in [9.17, 15) is 0 Å². The average Bonchev–Trinajstić information content (AvgIpc) is 2.76. The molecule has 2 aromatic heterocycles. The van der Waals surface area contributed by atoms with Gasteiger partial charge in [0, 0.05) is 24.3 Å². The maximum atomic E-state index is 9.09. The number of thiazole rings is 1. The molecular formula is C11H17N3OS. The minimum atomic E-state index is -0.195. The molecule has 5 heteroatoms. The second-order valence-corrected chi connectivity index (χ2v) is 4.87. The largest absolute Gasteiger partial charge is 0.393 e. The molecule has 2 rings (SSSR count). The van der Waals surface area contributed by atoms with Gasteiger partial charge < -0.3 is 10.4 Å². The normalized spacial score (nSPS) is 13.4. The van der Waals surface area contributed by atoms with Crippen LogP contribution < -0.4 is 5.32 Å². The first-order valence-corrected chi connectivity index (χ1v) is 6.43. The summed E-state index contributed by atoms with van der Waals surface area (Å²) in [6, 6.07) is 0. The lowest BCUT2D eigenvalue weighted by Gasteiger charge is -2.04. The topological polar surface area (TPSA) is 49.6 Å². The van der Waals surface area contributed by atoms with Gasteiger partial charge in [0.25, 0.3) is 0 Å². The highest BCUT2D eigenvalue weighted by atomic mass is 32.1. The van der Waals surface area contributed by atoms with E-state index in [0.717, 1.165) is 36.6 Å². The number of aliphatic hydroxyl groups is 1. The average molecular weight is 239 g/mol. The van der Waals surface area contributed by atoms with Crippen LogP contribution in [0.3, 0.4) is 0 Å². The van der Waals surface area contributed by atoms with Crippen molar-refractivity contribution in [3.05, 3.63) is 23.5 Å². The second kappa shape index (κ2) is 5.43. The van der Waals surface area contributed by atoms with E-state index in [2.05, 4.69) is 10.3 Å².